The first-order valence-electron chi connectivity index (χ1n) is 8.57. The number of nitrogens with zero attached hydrogens (tertiary/aromatic N) is 2. The lowest BCUT2D eigenvalue weighted by Crippen LogP contribution is -2.31. The van der Waals surface area contributed by atoms with Crippen molar-refractivity contribution < 1.29 is 17.9 Å². The van der Waals surface area contributed by atoms with Gasteiger partial charge >= 0.3 is 0 Å². The van der Waals surface area contributed by atoms with Crippen molar-refractivity contribution in [2.75, 3.05) is 25.0 Å². The summed E-state index contributed by atoms with van der Waals surface area (Å²) < 4.78 is 32.7. The van der Waals surface area contributed by atoms with Crippen molar-refractivity contribution in [1.82, 2.24) is 9.29 Å². The summed E-state index contributed by atoms with van der Waals surface area (Å²) in [7, 11) is -3.73. The predicted molar refractivity (Wildman–Crippen MR) is 107 cm³/mol. The molecule has 0 radical (unpaired) electrons. The van der Waals surface area contributed by atoms with Crippen LogP contribution >= 0.6 is 11.3 Å². The molecule has 0 aliphatic carbocycles. The molecule has 27 heavy (non-hydrogen) atoms. The summed E-state index contributed by atoms with van der Waals surface area (Å²) in [4.78, 5) is 16.2. The third-order valence-electron chi connectivity index (χ3n) is 3.66. The number of hydrogen-bond acceptors (Lipinski definition) is 6. The van der Waals surface area contributed by atoms with Crippen LogP contribution in [0.2, 0.25) is 0 Å². The fourth-order valence-electron chi connectivity index (χ4n) is 2.41. The molecule has 0 atom stereocenters. The molecule has 0 unspecified atom stereocenters. The Balaban J connectivity index is 2.30. The molecule has 1 amide bonds. The fraction of sp³-hybridized carbons (Fsp3) is 0.333. The zero-order chi connectivity index (χ0) is 19.9. The summed E-state index contributed by atoms with van der Waals surface area (Å²) >= 11 is 1.41. The molecule has 0 saturated heterocycles. The third-order valence-corrected chi connectivity index (χ3v) is 6.47. The summed E-state index contributed by atoms with van der Waals surface area (Å²) in [5.41, 5.74) is 0.373. The van der Waals surface area contributed by atoms with Crippen LogP contribution in [-0.2, 0) is 14.8 Å². The Labute approximate surface area is 163 Å². The van der Waals surface area contributed by atoms with Crippen LogP contribution in [0.5, 0.6) is 5.75 Å². The highest BCUT2D eigenvalue weighted by molar-refractivity contribution is 7.89. The molecule has 0 aliphatic heterocycles. The van der Waals surface area contributed by atoms with Gasteiger partial charge in [-0.1, -0.05) is 13.8 Å². The lowest BCUT2D eigenvalue weighted by atomic mass is 10.3. The number of amides is 1. The molecule has 1 heterocycles. The van der Waals surface area contributed by atoms with Gasteiger partial charge in [0, 0.05) is 36.4 Å². The van der Waals surface area contributed by atoms with Crippen LogP contribution in [0.25, 0.3) is 6.08 Å². The first-order chi connectivity index (χ1) is 12.9. The van der Waals surface area contributed by atoms with E-state index in [1.807, 2.05) is 5.38 Å². The first-order valence-corrected chi connectivity index (χ1v) is 10.9. The van der Waals surface area contributed by atoms with Crippen LogP contribution in [0.1, 0.15) is 25.8 Å². The Morgan fingerprint density at radius 2 is 2.04 bits per heavy atom. The quantitative estimate of drug-likeness (QED) is 0.643. The van der Waals surface area contributed by atoms with Crippen molar-refractivity contribution in [3.8, 4) is 5.75 Å². The smallest absolute Gasteiger partial charge is 0.248 e. The highest BCUT2D eigenvalue weighted by Crippen LogP contribution is 2.30. The average Bonchev–Trinajstić information content (AvgIpc) is 3.16. The maximum atomic E-state index is 12.9. The summed E-state index contributed by atoms with van der Waals surface area (Å²) in [6.45, 7) is 6.36. The van der Waals surface area contributed by atoms with Gasteiger partial charge in [0.05, 0.1) is 6.61 Å². The molecule has 1 N–H and O–H groups in total. The Morgan fingerprint density at radius 1 is 1.30 bits per heavy atom. The largest absolute Gasteiger partial charge is 0.492 e. The Bertz CT molecular complexity index is 889. The number of nitrogens with one attached hydrogen (secondary N) is 1. The molecule has 0 saturated carbocycles. The number of hydrogen-bond donors (Lipinski definition) is 1. The standard InChI is InChI=1S/C18H23N3O4S2/c1-4-21(5-2)27(23,24)16-13-14(7-8-15(16)25-6-3)20-17(22)9-10-18-19-11-12-26-18/h7-13H,4-6H2,1-3H3,(H,20,22)/b10-9+. The zero-order valence-electron chi connectivity index (χ0n) is 15.5. The van der Waals surface area contributed by atoms with Crippen molar-refractivity contribution >= 4 is 39.0 Å². The van der Waals surface area contributed by atoms with E-state index in [4.69, 9.17) is 4.74 Å². The van der Waals surface area contributed by atoms with Gasteiger partial charge in [-0.05, 0) is 31.2 Å². The number of ether oxygens (including phenoxy) is 1. The van der Waals surface area contributed by atoms with Crippen molar-refractivity contribution in [2.45, 2.75) is 25.7 Å². The van der Waals surface area contributed by atoms with Crippen molar-refractivity contribution in [2.24, 2.45) is 0 Å². The minimum atomic E-state index is -3.73. The fourth-order valence-corrected chi connectivity index (χ4v) is 4.56. The van der Waals surface area contributed by atoms with Gasteiger partial charge in [0.25, 0.3) is 0 Å². The number of carbonyl (C=O) groups excluding carboxylic acids is 1. The van der Waals surface area contributed by atoms with Crippen molar-refractivity contribution in [3.05, 3.63) is 40.9 Å². The molecule has 146 valence electrons. The summed E-state index contributed by atoms with van der Waals surface area (Å²) in [6, 6.07) is 4.59. The van der Waals surface area contributed by atoms with E-state index in [0.717, 1.165) is 0 Å². The summed E-state index contributed by atoms with van der Waals surface area (Å²) in [5, 5.41) is 5.20. The minimum Gasteiger partial charge on any atom is -0.492 e. The van der Waals surface area contributed by atoms with Crippen molar-refractivity contribution in [3.63, 3.8) is 0 Å². The van der Waals surface area contributed by atoms with E-state index in [-0.39, 0.29) is 16.6 Å². The van der Waals surface area contributed by atoms with Gasteiger partial charge in [0.15, 0.2) is 0 Å². The summed E-state index contributed by atoms with van der Waals surface area (Å²) in [6.07, 6.45) is 4.61. The number of sulfonamides is 1. The molecular weight excluding hydrogens is 386 g/mol. The Kier molecular flexibility index (Phi) is 7.52. The predicted octanol–water partition coefficient (Wildman–Crippen LogP) is 3.22. The number of thiazole rings is 1. The van der Waals surface area contributed by atoms with E-state index in [9.17, 15) is 13.2 Å². The van der Waals surface area contributed by atoms with E-state index in [0.29, 0.717) is 30.4 Å². The van der Waals surface area contributed by atoms with Crippen LogP contribution in [0.3, 0.4) is 0 Å². The molecule has 0 fully saturated rings. The van der Waals surface area contributed by atoms with E-state index < -0.39 is 10.0 Å². The highest BCUT2D eigenvalue weighted by Gasteiger charge is 2.26. The van der Waals surface area contributed by atoms with Crippen LogP contribution in [-0.4, -0.2) is 43.3 Å². The maximum absolute atomic E-state index is 12.9. The third kappa shape index (κ3) is 5.38. The van der Waals surface area contributed by atoms with Crippen LogP contribution < -0.4 is 10.1 Å². The molecule has 0 bridgehead atoms. The molecule has 0 spiro atoms. The van der Waals surface area contributed by atoms with Gasteiger partial charge in [0.1, 0.15) is 15.7 Å². The molecule has 2 aromatic rings. The second kappa shape index (κ2) is 9.63. The number of benzene rings is 1. The molecule has 1 aromatic heterocycles. The maximum Gasteiger partial charge on any atom is 0.248 e. The highest BCUT2D eigenvalue weighted by atomic mass is 32.2. The van der Waals surface area contributed by atoms with E-state index in [1.54, 1.807) is 45.2 Å². The van der Waals surface area contributed by atoms with Gasteiger partial charge in [0.2, 0.25) is 15.9 Å². The number of carbonyl (C=O) groups is 1. The lowest BCUT2D eigenvalue weighted by Gasteiger charge is -2.21. The normalized spacial score (nSPS) is 11.9. The average molecular weight is 410 g/mol. The Hall–Kier alpha value is -2.23. The van der Waals surface area contributed by atoms with E-state index >= 15 is 0 Å². The van der Waals surface area contributed by atoms with Gasteiger partial charge in [-0.15, -0.1) is 11.3 Å². The zero-order valence-corrected chi connectivity index (χ0v) is 17.1. The number of aromatic nitrogens is 1. The first kappa shape index (κ1) is 21.1. The Morgan fingerprint density at radius 3 is 2.63 bits per heavy atom. The summed E-state index contributed by atoms with van der Waals surface area (Å²) in [5.74, 6) is -0.110. The number of rotatable bonds is 9. The van der Waals surface area contributed by atoms with Gasteiger partial charge in [-0.2, -0.15) is 4.31 Å². The molecule has 0 aliphatic rings. The van der Waals surface area contributed by atoms with Crippen LogP contribution in [0.4, 0.5) is 5.69 Å². The molecule has 1 aromatic carbocycles. The second-order valence-corrected chi connectivity index (χ2v) is 8.21. The van der Waals surface area contributed by atoms with E-state index in [2.05, 4.69) is 10.3 Å². The molecule has 7 nitrogen and oxygen atoms in total. The molecular formula is C18H23N3O4S2. The van der Waals surface area contributed by atoms with Gasteiger partial charge in [-0.3, -0.25) is 4.79 Å². The van der Waals surface area contributed by atoms with Crippen LogP contribution in [0.15, 0.2) is 40.7 Å². The molecule has 2 rings (SSSR count). The van der Waals surface area contributed by atoms with Gasteiger partial charge in [-0.25, -0.2) is 13.4 Å². The minimum absolute atomic E-state index is 0.0368. The topological polar surface area (TPSA) is 88.6 Å². The van der Waals surface area contributed by atoms with Crippen molar-refractivity contribution in [1.29, 1.82) is 0 Å². The SMILES string of the molecule is CCOc1ccc(NC(=O)/C=C/c2nccs2)cc1S(=O)(=O)N(CC)CC. The van der Waals surface area contributed by atoms with E-state index in [1.165, 1.54) is 27.8 Å². The lowest BCUT2D eigenvalue weighted by molar-refractivity contribution is -0.111. The number of anilines is 1. The monoisotopic (exact) mass is 409 g/mol. The van der Waals surface area contributed by atoms with Crippen LogP contribution in [0, 0.1) is 0 Å². The van der Waals surface area contributed by atoms with Gasteiger partial charge < -0.3 is 10.1 Å². The molecule has 9 heteroatoms. The second-order valence-electron chi connectivity index (χ2n) is 5.38.